The van der Waals surface area contributed by atoms with Crippen LogP contribution in [-0.4, -0.2) is 32.0 Å². The molecule has 0 bridgehead atoms. The van der Waals surface area contributed by atoms with Gasteiger partial charge in [-0.1, -0.05) is 73.2 Å². The van der Waals surface area contributed by atoms with Crippen molar-refractivity contribution >= 4 is 28.4 Å². The van der Waals surface area contributed by atoms with Crippen LogP contribution >= 0.6 is 11.8 Å². The molecular formula is C34H34FNO3S. The van der Waals surface area contributed by atoms with E-state index >= 15 is 0 Å². The van der Waals surface area contributed by atoms with Gasteiger partial charge in [-0.3, -0.25) is 4.79 Å². The fourth-order valence-electron chi connectivity index (χ4n) is 4.61. The predicted octanol–water partition coefficient (Wildman–Crippen LogP) is 8.20. The highest BCUT2D eigenvalue weighted by Crippen LogP contribution is 2.33. The van der Waals surface area contributed by atoms with Crippen molar-refractivity contribution in [1.82, 2.24) is 4.98 Å². The zero-order valence-electron chi connectivity index (χ0n) is 22.8. The molecule has 3 N–H and O–H groups in total. The number of aromatic amines is 1. The van der Waals surface area contributed by atoms with Crippen LogP contribution in [0.5, 0.6) is 5.75 Å². The smallest absolute Gasteiger partial charge is 0.143 e. The second-order valence-electron chi connectivity index (χ2n) is 9.92. The molecule has 6 heteroatoms. The van der Waals surface area contributed by atoms with E-state index in [9.17, 15) is 19.4 Å². The normalized spacial score (nSPS) is 13.2. The lowest BCUT2D eigenvalue weighted by molar-refractivity contribution is -0.116. The summed E-state index contributed by atoms with van der Waals surface area (Å²) in [5.74, 6) is 0.171. The molecular weight excluding hydrogens is 521 g/mol. The highest BCUT2D eigenvalue weighted by molar-refractivity contribution is 8.00. The third kappa shape index (κ3) is 7.40. The Balaban J connectivity index is 0.000000199. The molecule has 0 saturated heterocycles. The number of aliphatic hydroxyl groups is 1. The number of carbonyl (C=O) groups excluding carboxylic acids is 1. The van der Waals surface area contributed by atoms with E-state index in [1.807, 2.05) is 13.1 Å². The Morgan fingerprint density at radius 3 is 2.20 bits per heavy atom. The van der Waals surface area contributed by atoms with Crippen molar-refractivity contribution in [1.29, 1.82) is 0 Å². The molecule has 0 radical (unpaired) electrons. The first kappa shape index (κ1) is 29.1. The number of benzene rings is 4. The van der Waals surface area contributed by atoms with Gasteiger partial charge in [-0.05, 0) is 78.4 Å². The van der Waals surface area contributed by atoms with Gasteiger partial charge in [0.1, 0.15) is 17.3 Å². The zero-order chi connectivity index (χ0) is 28.6. The quantitative estimate of drug-likeness (QED) is 0.180. The number of H-pyrrole nitrogens is 1. The van der Waals surface area contributed by atoms with E-state index in [0.717, 1.165) is 5.56 Å². The Morgan fingerprint density at radius 2 is 1.55 bits per heavy atom. The molecule has 40 heavy (non-hydrogen) atoms. The minimum Gasteiger partial charge on any atom is -0.508 e. The molecule has 0 saturated carbocycles. The number of halogens is 1. The predicted molar refractivity (Wildman–Crippen MR) is 163 cm³/mol. The number of carbonyl (C=O) groups is 1. The summed E-state index contributed by atoms with van der Waals surface area (Å²) >= 11 is 1.39. The Morgan fingerprint density at radius 1 is 0.900 bits per heavy atom. The number of aromatic nitrogens is 1. The summed E-state index contributed by atoms with van der Waals surface area (Å²) in [6, 6.07) is 29.7. The summed E-state index contributed by atoms with van der Waals surface area (Å²) in [4.78, 5) is 15.3. The number of aryl methyl sites for hydroxylation is 1. The van der Waals surface area contributed by atoms with Crippen LogP contribution in [0.1, 0.15) is 42.6 Å². The van der Waals surface area contributed by atoms with Crippen LogP contribution in [0.25, 0.3) is 22.0 Å². The highest BCUT2D eigenvalue weighted by atomic mass is 32.2. The van der Waals surface area contributed by atoms with Gasteiger partial charge in [0.15, 0.2) is 0 Å². The van der Waals surface area contributed by atoms with Crippen molar-refractivity contribution in [2.24, 2.45) is 0 Å². The van der Waals surface area contributed by atoms with Gasteiger partial charge < -0.3 is 15.2 Å². The summed E-state index contributed by atoms with van der Waals surface area (Å²) in [5.41, 5.74) is 6.64. The molecule has 1 heterocycles. The second-order valence-corrected chi connectivity index (χ2v) is 11.1. The molecule has 4 nitrogen and oxygen atoms in total. The molecule has 5 rings (SSSR count). The molecule has 206 valence electrons. The van der Waals surface area contributed by atoms with Gasteiger partial charge in [0, 0.05) is 22.9 Å². The Bertz CT molecular complexity index is 1530. The van der Waals surface area contributed by atoms with Gasteiger partial charge in [0.05, 0.1) is 11.4 Å². The number of hydrogen-bond acceptors (Lipinski definition) is 4. The number of aliphatic hydroxyl groups excluding tert-OH is 1. The minimum absolute atomic E-state index is 0.0341. The Hall–Kier alpha value is -3.87. The number of aromatic hydroxyl groups is 1. The number of thioether (sulfide) groups is 1. The lowest BCUT2D eigenvalue weighted by Gasteiger charge is -2.23. The maximum Gasteiger partial charge on any atom is 0.143 e. The van der Waals surface area contributed by atoms with E-state index in [1.165, 1.54) is 51.5 Å². The lowest BCUT2D eigenvalue weighted by atomic mass is 9.95. The van der Waals surface area contributed by atoms with E-state index in [4.69, 9.17) is 0 Å². The van der Waals surface area contributed by atoms with Crippen molar-refractivity contribution in [3.8, 4) is 16.9 Å². The van der Waals surface area contributed by atoms with Crippen LogP contribution in [0, 0.1) is 12.7 Å². The molecule has 3 atom stereocenters. The van der Waals surface area contributed by atoms with Crippen molar-refractivity contribution in [3.05, 3.63) is 126 Å². The molecule has 5 aromatic rings. The molecule has 2 unspecified atom stereocenters. The summed E-state index contributed by atoms with van der Waals surface area (Å²) in [5, 5.41) is 20.6. The number of rotatable bonds is 8. The van der Waals surface area contributed by atoms with Gasteiger partial charge in [-0.2, -0.15) is 0 Å². The fourth-order valence-corrected chi connectivity index (χ4v) is 5.88. The molecule has 0 aliphatic rings. The minimum atomic E-state index is -0.760. The van der Waals surface area contributed by atoms with Gasteiger partial charge in [0.2, 0.25) is 0 Å². The Labute approximate surface area is 238 Å². The van der Waals surface area contributed by atoms with Gasteiger partial charge in [0.25, 0.3) is 0 Å². The van der Waals surface area contributed by atoms with Crippen LogP contribution in [0.3, 0.4) is 0 Å². The average Bonchev–Trinajstić information content (AvgIpc) is 3.44. The first-order chi connectivity index (χ1) is 19.2. The van der Waals surface area contributed by atoms with Crippen LogP contribution in [0.2, 0.25) is 0 Å². The summed E-state index contributed by atoms with van der Waals surface area (Å²) in [7, 11) is 0. The van der Waals surface area contributed by atoms with Crippen LogP contribution in [0.4, 0.5) is 4.39 Å². The van der Waals surface area contributed by atoms with Crippen LogP contribution in [0.15, 0.2) is 103 Å². The van der Waals surface area contributed by atoms with Crippen LogP contribution < -0.4 is 0 Å². The van der Waals surface area contributed by atoms with E-state index in [2.05, 4.69) is 60.4 Å². The highest BCUT2D eigenvalue weighted by Gasteiger charge is 2.25. The number of phenolic OH excluding ortho intramolecular Hbond substituents is 1. The number of phenols is 1. The maximum atomic E-state index is 12.9. The summed E-state index contributed by atoms with van der Waals surface area (Å²) < 4.78 is 12.9. The SMILES string of the molecule is CC(=O)[C@H](SCC(O)c1ccc(F)cc1)C(C)c1ccc(O)cc1.Cc1ccc(-c2cccc3[nH]ccc23)cc1. The Kier molecular flexibility index (Phi) is 9.80. The van der Waals surface area contributed by atoms with E-state index < -0.39 is 6.10 Å². The molecule has 0 spiro atoms. The summed E-state index contributed by atoms with van der Waals surface area (Å²) in [6.07, 6.45) is 1.23. The van der Waals surface area contributed by atoms with Crippen molar-refractivity contribution in [3.63, 3.8) is 0 Å². The lowest BCUT2D eigenvalue weighted by Crippen LogP contribution is -2.22. The molecule has 1 aromatic heterocycles. The molecule has 0 aliphatic heterocycles. The molecule has 0 aliphatic carbocycles. The first-order valence-corrected chi connectivity index (χ1v) is 14.3. The number of fused-ring (bicyclic) bond motifs is 1. The average molecular weight is 556 g/mol. The van der Waals surface area contributed by atoms with E-state index in [0.29, 0.717) is 11.3 Å². The number of hydrogen-bond donors (Lipinski definition) is 3. The summed E-state index contributed by atoms with van der Waals surface area (Å²) in [6.45, 7) is 5.61. The fraction of sp³-hybridized carbons (Fsp3) is 0.206. The monoisotopic (exact) mass is 555 g/mol. The van der Waals surface area contributed by atoms with Crippen molar-refractivity contribution < 1.29 is 19.4 Å². The second kappa shape index (κ2) is 13.5. The third-order valence-electron chi connectivity index (χ3n) is 6.92. The standard InChI is InChI=1S/C19H21FO3S.C15H13N/c1-12(14-5-9-17(22)10-6-14)19(13(2)21)24-11-18(23)15-3-7-16(20)8-4-15;1-11-5-7-12(8-6-11)13-3-2-4-15-14(13)9-10-16-15/h3-10,12,18-19,22-23H,11H2,1-2H3;2-10,16H,1H3/t12?,18?,19-;/m1./s1. The van der Waals surface area contributed by atoms with Gasteiger partial charge >= 0.3 is 0 Å². The number of nitrogens with one attached hydrogen (secondary N) is 1. The van der Waals surface area contributed by atoms with Crippen molar-refractivity contribution in [2.45, 2.75) is 38.0 Å². The maximum absolute atomic E-state index is 12.9. The molecule has 0 fully saturated rings. The third-order valence-corrected chi connectivity index (χ3v) is 8.53. The van der Waals surface area contributed by atoms with Gasteiger partial charge in [-0.15, -0.1) is 11.8 Å². The number of ketones is 1. The number of Topliss-reactive ketones (excluding diaryl/α,β-unsaturated/α-hetero) is 1. The topological polar surface area (TPSA) is 73.3 Å². The van der Waals surface area contributed by atoms with Gasteiger partial charge in [-0.25, -0.2) is 4.39 Å². The van der Waals surface area contributed by atoms with Crippen molar-refractivity contribution in [2.75, 3.05) is 5.75 Å². The van der Waals surface area contributed by atoms with E-state index in [-0.39, 0.29) is 28.5 Å². The molecule has 4 aromatic carbocycles. The molecule has 0 amide bonds. The van der Waals surface area contributed by atoms with Crippen LogP contribution in [-0.2, 0) is 4.79 Å². The zero-order valence-corrected chi connectivity index (χ0v) is 23.7. The first-order valence-electron chi connectivity index (χ1n) is 13.2. The van der Waals surface area contributed by atoms with E-state index in [1.54, 1.807) is 43.3 Å². The largest absolute Gasteiger partial charge is 0.508 e.